The van der Waals surface area contributed by atoms with E-state index < -0.39 is 35.8 Å². The third kappa shape index (κ3) is 7.66. The normalized spacial score (nSPS) is 18.2. The number of benzene rings is 2. The molecule has 0 radical (unpaired) electrons. The summed E-state index contributed by atoms with van der Waals surface area (Å²) in [5.74, 6) is -2.57. The molecule has 3 N–H and O–H groups in total. The summed E-state index contributed by atoms with van der Waals surface area (Å²) in [4.78, 5) is 53.3. The predicted molar refractivity (Wildman–Crippen MR) is 150 cm³/mol. The summed E-state index contributed by atoms with van der Waals surface area (Å²) >= 11 is 11.8. The van der Waals surface area contributed by atoms with E-state index in [2.05, 4.69) is 15.5 Å². The molecule has 41 heavy (non-hydrogen) atoms. The van der Waals surface area contributed by atoms with E-state index in [-0.39, 0.29) is 47.2 Å². The van der Waals surface area contributed by atoms with Crippen LogP contribution in [-0.2, 0) is 32.1 Å². The molecule has 4 rings (SSSR count). The molecule has 1 fully saturated rings. The Morgan fingerprint density at radius 2 is 1.78 bits per heavy atom. The number of amides is 3. The number of nitrogens with one attached hydrogen (secondary N) is 2. The number of likely N-dealkylation sites (tertiary alicyclic amines) is 1. The Bertz CT molecular complexity index is 1320. The lowest BCUT2D eigenvalue weighted by Crippen LogP contribution is -2.56. The van der Waals surface area contributed by atoms with E-state index in [1.54, 1.807) is 6.07 Å². The van der Waals surface area contributed by atoms with Gasteiger partial charge in [-0.1, -0.05) is 47.5 Å². The average Bonchev–Trinajstić information content (AvgIpc) is 2.95. The number of ether oxygens (including phenoxy) is 1. The van der Waals surface area contributed by atoms with Crippen LogP contribution in [0.3, 0.4) is 0 Å². The van der Waals surface area contributed by atoms with E-state index in [9.17, 15) is 28.7 Å². The van der Waals surface area contributed by atoms with Crippen molar-refractivity contribution < 1.29 is 33.4 Å². The van der Waals surface area contributed by atoms with Crippen LogP contribution < -0.4 is 10.6 Å². The van der Waals surface area contributed by atoms with Crippen molar-refractivity contribution in [2.75, 3.05) is 25.0 Å². The van der Waals surface area contributed by atoms with Crippen LogP contribution >= 0.6 is 23.2 Å². The molecule has 2 heterocycles. The minimum absolute atomic E-state index is 0.0180. The minimum atomic E-state index is -1.26. The van der Waals surface area contributed by atoms with Crippen molar-refractivity contribution in [3.05, 3.63) is 63.4 Å². The summed E-state index contributed by atoms with van der Waals surface area (Å²) in [6.07, 6.45) is 0.146. The molecule has 10 nitrogen and oxygen atoms in total. The highest BCUT2D eigenvalue weighted by Gasteiger charge is 2.36. The van der Waals surface area contributed by atoms with E-state index in [0.717, 1.165) is 16.0 Å². The number of carbonyl (C=O) groups is 4. The smallest absolute Gasteiger partial charge is 0.408 e. The van der Waals surface area contributed by atoms with Crippen molar-refractivity contribution in [1.82, 2.24) is 15.1 Å². The third-order valence-electron chi connectivity index (χ3n) is 7.32. The fourth-order valence-corrected chi connectivity index (χ4v) is 5.45. The van der Waals surface area contributed by atoms with Crippen molar-refractivity contribution in [1.29, 1.82) is 0 Å². The second-order valence-corrected chi connectivity index (χ2v) is 10.9. The minimum Gasteiger partial charge on any atom is -0.465 e. The van der Waals surface area contributed by atoms with Crippen LogP contribution in [0.15, 0.2) is 36.4 Å². The van der Waals surface area contributed by atoms with Crippen LogP contribution in [0.4, 0.5) is 14.9 Å². The molecule has 2 aromatic rings. The molecule has 13 heteroatoms. The molecule has 0 aliphatic carbocycles. The maximum Gasteiger partial charge on any atom is 0.408 e. The first-order valence-corrected chi connectivity index (χ1v) is 14.0. The van der Waals surface area contributed by atoms with E-state index in [1.807, 2.05) is 18.2 Å². The highest BCUT2D eigenvalue weighted by Crippen LogP contribution is 2.30. The summed E-state index contributed by atoms with van der Waals surface area (Å²) in [6, 6.07) is 7.71. The van der Waals surface area contributed by atoms with Gasteiger partial charge < -0.3 is 25.4 Å². The van der Waals surface area contributed by atoms with E-state index in [1.165, 1.54) is 19.1 Å². The average molecular weight is 609 g/mol. The van der Waals surface area contributed by atoms with Gasteiger partial charge in [0.05, 0.1) is 22.3 Å². The fraction of sp³-hybridized carbons (Fsp3) is 0.429. The molecular weight excluding hydrogens is 578 g/mol. The number of fused-ring (bicyclic) bond motifs is 1. The van der Waals surface area contributed by atoms with Crippen LogP contribution in [0.2, 0.25) is 10.0 Å². The lowest BCUT2D eigenvalue weighted by atomic mass is 9.93. The Kier molecular flexibility index (Phi) is 10.1. The van der Waals surface area contributed by atoms with Crippen LogP contribution in [0.5, 0.6) is 0 Å². The first kappa shape index (κ1) is 30.5. The van der Waals surface area contributed by atoms with Crippen LogP contribution in [0, 0.1) is 5.82 Å². The molecular formula is C28H31Cl2FN4O6. The number of hydrogen-bond donors (Lipinski definition) is 3. The molecule has 1 saturated heterocycles. The lowest BCUT2D eigenvalue weighted by Gasteiger charge is -2.35. The van der Waals surface area contributed by atoms with Crippen molar-refractivity contribution in [3.63, 3.8) is 0 Å². The molecule has 220 valence electrons. The van der Waals surface area contributed by atoms with Crippen LogP contribution in [0.1, 0.15) is 37.3 Å². The standard InChI is InChI=1S/C28H31Cl2FN4O6/c1-16(36)41-19-8-11-34(12-9-19)13-10-22(26(37)32-21-7-6-20(29)24(30)25(21)31)33-27(38)23-14-17-4-2-3-5-18(17)15-35(23)28(39)40/h2-7,19,22-23H,8-15H2,1H3,(H,32,37)(H,33,38)(H,39,40)/t22-,23-/m0/s1. The predicted octanol–water partition coefficient (Wildman–Crippen LogP) is 4.08. The topological polar surface area (TPSA) is 128 Å². The van der Waals surface area contributed by atoms with E-state index >= 15 is 0 Å². The maximum absolute atomic E-state index is 14.7. The first-order chi connectivity index (χ1) is 19.5. The van der Waals surface area contributed by atoms with Gasteiger partial charge in [0.1, 0.15) is 18.2 Å². The molecule has 2 aliphatic rings. The number of nitrogens with zero attached hydrogens (tertiary/aromatic N) is 2. The van der Waals surface area contributed by atoms with Gasteiger partial charge in [0.15, 0.2) is 5.82 Å². The molecule has 0 saturated carbocycles. The van der Waals surface area contributed by atoms with Crippen molar-refractivity contribution in [2.24, 2.45) is 0 Å². The zero-order chi connectivity index (χ0) is 29.7. The largest absolute Gasteiger partial charge is 0.465 e. The zero-order valence-corrected chi connectivity index (χ0v) is 23.9. The Morgan fingerprint density at radius 3 is 2.44 bits per heavy atom. The van der Waals surface area contributed by atoms with Crippen molar-refractivity contribution >= 4 is 52.8 Å². The lowest BCUT2D eigenvalue weighted by molar-refractivity contribution is -0.148. The molecule has 0 spiro atoms. The maximum atomic E-state index is 14.7. The molecule has 2 aromatic carbocycles. The third-order valence-corrected chi connectivity index (χ3v) is 8.11. The van der Waals surface area contributed by atoms with Gasteiger partial charge in [-0.2, -0.15) is 0 Å². The highest BCUT2D eigenvalue weighted by atomic mass is 35.5. The quantitative estimate of drug-likeness (QED) is 0.304. The molecule has 0 unspecified atom stereocenters. The van der Waals surface area contributed by atoms with Gasteiger partial charge in [0, 0.05) is 33.0 Å². The molecule has 3 amide bonds. The molecule has 0 aromatic heterocycles. The first-order valence-electron chi connectivity index (χ1n) is 13.2. The van der Waals surface area contributed by atoms with Gasteiger partial charge in [-0.3, -0.25) is 19.3 Å². The van der Waals surface area contributed by atoms with Crippen LogP contribution in [-0.4, -0.2) is 76.6 Å². The number of halogens is 3. The monoisotopic (exact) mass is 608 g/mol. The number of carboxylic acid groups (broad SMARTS) is 1. The highest BCUT2D eigenvalue weighted by molar-refractivity contribution is 6.42. The van der Waals surface area contributed by atoms with Gasteiger partial charge in [-0.25, -0.2) is 9.18 Å². The van der Waals surface area contributed by atoms with Crippen molar-refractivity contribution in [3.8, 4) is 0 Å². The fourth-order valence-electron chi connectivity index (χ4n) is 5.13. The zero-order valence-electron chi connectivity index (χ0n) is 22.4. The summed E-state index contributed by atoms with van der Waals surface area (Å²) in [6.45, 7) is 3.05. The van der Waals surface area contributed by atoms with Gasteiger partial charge in [-0.05, 0) is 42.5 Å². The second-order valence-electron chi connectivity index (χ2n) is 10.1. The summed E-state index contributed by atoms with van der Waals surface area (Å²) in [5, 5.41) is 14.6. The summed E-state index contributed by atoms with van der Waals surface area (Å²) in [7, 11) is 0. The number of carbonyl (C=O) groups excluding carboxylic acids is 3. The Balaban J connectivity index is 1.49. The Labute approximate surface area is 246 Å². The van der Waals surface area contributed by atoms with E-state index in [4.69, 9.17) is 27.9 Å². The van der Waals surface area contributed by atoms with Crippen LogP contribution in [0.25, 0.3) is 0 Å². The van der Waals surface area contributed by atoms with Gasteiger partial charge in [0.2, 0.25) is 11.8 Å². The number of esters is 1. The number of piperidine rings is 1. The van der Waals surface area contributed by atoms with Gasteiger partial charge >= 0.3 is 12.1 Å². The summed E-state index contributed by atoms with van der Waals surface area (Å²) in [5.41, 5.74) is 1.45. The SMILES string of the molecule is CC(=O)OC1CCN(CC[C@H](NC(=O)[C@@H]2Cc3ccccc3CN2C(=O)O)C(=O)Nc2ccc(Cl)c(Cl)c2F)CC1. The Morgan fingerprint density at radius 1 is 1.10 bits per heavy atom. The van der Waals surface area contributed by atoms with Gasteiger partial charge in [-0.15, -0.1) is 0 Å². The molecule has 2 atom stereocenters. The molecule has 0 bridgehead atoms. The second kappa shape index (κ2) is 13.5. The number of rotatable bonds is 8. The van der Waals surface area contributed by atoms with Gasteiger partial charge in [0.25, 0.3) is 0 Å². The van der Waals surface area contributed by atoms with Crippen molar-refractivity contribution in [2.45, 2.75) is 57.3 Å². The number of hydrogen-bond acceptors (Lipinski definition) is 6. The Hall–Kier alpha value is -3.41. The summed E-state index contributed by atoms with van der Waals surface area (Å²) < 4.78 is 20.0. The molecule has 2 aliphatic heterocycles. The van der Waals surface area contributed by atoms with E-state index in [0.29, 0.717) is 32.5 Å². The number of anilines is 1.